The zero-order chi connectivity index (χ0) is 7.49. The minimum absolute atomic E-state index is 0.284. The van der Waals surface area contributed by atoms with Crippen molar-refractivity contribution < 1.29 is 0 Å². The molecule has 0 aliphatic carbocycles. The van der Waals surface area contributed by atoms with Gasteiger partial charge in [0, 0.05) is 0 Å². The molecule has 52 valence electrons. The lowest BCUT2D eigenvalue weighted by Crippen LogP contribution is -2.04. The third-order valence-corrected chi connectivity index (χ3v) is 1.49. The zero-order valence-electron chi connectivity index (χ0n) is 7.08. The highest BCUT2D eigenvalue weighted by atomic mass is 14.1. The highest BCUT2D eigenvalue weighted by molar-refractivity contribution is 5.06. The molecule has 0 radical (unpaired) electrons. The lowest BCUT2D eigenvalue weighted by molar-refractivity contribution is 0.505. The van der Waals surface area contributed by atoms with Crippen LogP contribution in [0.15, 0.2) is 17.4 Å². The quantitative estimate of drug-likeness (QED) is 0.435. The van der Waals surface area contributed by atoms with E-state index < -0.39 is 0 Å². The first kappa shape index (κ1) is 8.52. The van der Waals surface area contributed by atoms with Crippen molar-refractivity contribution in [1.29, 1.82) is 0 Å². The van der Waals surface area contributed by atoms with Crippen molar-refractivity contribution >= 4 is 0 Å². The van der Waals surface area contributed by atoms with Gasteiger partial charge in [-0.2, -0.15) is 0 Å². The van der Waals surface area contributed by atoms with Gasteiger partial charge in [-0.3, -0.25) is 0 Å². The Morgan fingerprint density at radius 1 is 1.33 bits per heavy atom. The van der Waals surface area contributed by atoms with E-state index in [0.29, 0.717) is 0 Å². The molecule has 0 heterocycles. The molecule has 0 amide bonds. The van der Waals surface area contributed by atoms with Gasteiger partial charge in [0.25, 0.3) is 0 Å². The average molecular weight is 124 g/mol. The summed E-state index contributed by atoms with van der Waals surface area (Å²) in [7, 11) is 0. The number of rotatable bonds is 0. The maximum Gasteiger partial charge on any atom is -0.0100 e. The third kappa shape index (κ3) is 3.16. The predicted molar refractivity (Wildman–Crippen MR) is 42.4 cm³/mol. The van der Waals surface area contributed by atoms with E-state index in [4.69, 9.17) is 0 Å². The third-order valence-electron chi connectivity index (χ3n) is 1.49. The summed E-state index contributed by atoms with van der Waals surface area (Å²) in [6.07, 6.45) is 1.96. The Morgan fingerprint density at radius 3 is 1.89 bits per heavy atom. The lowest BCUT2D eigenvalue weighted by atomic mass is 9.88. The van der Waals surface area contributed by atoms with Gasteiger partial charge in [0.05, 0.1) is 0 Å². The fourth-order valence-electron chi connectivity index (χ4n) is 0.433. The molecule has 0 aromatic heterocycles. The first-order valence-corrected chi connectivity index (χ1v) is 3.37. The van der Waals surface area contributed by atoms with Crippen LogP contribution in [0, 0.1) is 5.41 Å². The van der Waals surface area contributed by atoms with Crippen LogP contribution in [0.3, 0.4) is 0 Å². The van der Waals surface area contributed by atoms with Crippen LogP contribution in [-0.2, 0) is 0 Å². The van der Waals surface area contributed by atoms with Crippen molar-refractivity contribution in [3.63, 3.8) is 0 Å². The summed E-state index contributed by atoms with van der Waals surface area (Å²) in [6, 6.07) is 0. The first-order valence-electron chi connectivity index (χ1n) is 3.37. The van der Waals surface area contributed by atoms with Gasteiger partial charge >= 0.3 is 0 Å². The monoisotopic (exact) mass is 124 g/mol. The maximum absolute atomic E-state index is 3.18. The van der Waals surface area contributed by atoms with Gasteiger partial charge in [-0.05, 0) is 30.9 Å². The van der Waals surface area contributed by atoms with Gasteiger partial charge in [-0.15, -0.1) is 5.73 Å². The molecule has 0 bridgehead atoms. The van der Waals surface area contributed by atoms with Crippen molar-refractivity contribution in [2.24, 2.45) is 5.41 Å². The average Bonchev–Trinajstić information content (AvgIpc) is 1.64. The van der Waals surface area contributed by atoms with Crippen LogP contribution in [0.1, 0.15) is 34.6 Å². The molecule has 0 saturated carbocycles. The van der Waals surface area contributed by atoms with Crippen molar-refractivity contribution in [2.75, 3.05) is 0 Å². The molecule has 0 unspecified atom stereocenters. The second-order valence-electron chi connectivity index (χ2n) is 3.31. The normalized spacial score (nSPS) is 10.3. The standard InChI is InChI=1S/C9H16/c1-6-7-8(2)9(3,4)5/h6H,1-5H3. The van der Waals surface area contributed by atoms with Crippen molar-refractivity contribution in [3.05, 3.63) is 17.4 Å². The van der Waals surface area contributed by atoms with Gasteiger partial charge in [0.15, 0.2) is 0 Å². The number of hydrogen-bond donors (Lipinski definition) is 0. The van der Waals surface area contributed by atoms with Crippen LogP contribution < -0.4 is 0 Å². The molecule has 0 saturated heterocycles. The first-order chi connectivity index (χ1) is 3.98. The van der Waals surface area contributed by atoms with Crippen LogP contribution in [0.2, 0.25) is 0 Å². The van der Waals surface area contributed by atoms with E-state index in [1.54, 1.807) is 0 Å². The molecule has 9 heavy (non-hydrogen) atoms. The summed E-state index contributed by atoms with van der Waals surface area (Å²) in [5.41, 5.74) is 4.77. The van der Waals surface area contributed by atoms with E-state index in [9.17, 15) is 0 Å². The lowest BCUT2D eigenvalue weighted by Gasteiger charge is -2.16. The Balaban J connectivity index is 4.40. The summed E-state index contributed by atoms with van der Waals surface area (Å²) in [6.45, 7) is 10.7. The Hall–Kier alpha value is -0.480. The second-order valence-corrected chi connectivity index (χ2v) is 3.31. The highest BCUT2D eigenvalue weighted by Crippen LogP contribution is 2.22. The molecule has 0 aliphatic heterocycles. The van der Waals surface area contributed by atoms with Gasteiger partial charge in [-0.1, -0.05) is 20.8 Å². The van der Waals surface area contributed by atoms with Crippen LogP contribution >= 0.6 is 0 Å². The molecule has 0 rings (SSSR count). The van der Waals surface area contributed by atoms with Crippen LogP contribution in [0.4, 0.5) is 0 Å². The molecule has 0 atom stereocenters. The SMILES string of the molecule is CC=C=C(C)C(C)(C)C. The minimum atomic E-state index is 0.284. The topological polar surface area (TPSA) is 0 Å². The van der Waals surface area contributed by atoms with Gasteiger partial charge in [0.1, 0.15) is 0 Å². The van der Waals surface area contributed by atoms with Crippen molar-refractivity contribution in [1.82, 2.24) is 0 Å². The zero-order valence-corrected chi connectivity index (χ0v) is 7.08. The largest absolute Gasteiger partial charge is 0.126 e. The summed E-state index contributed by atoms with van der Waals surface area (Å²) in [4.78, 5) is 0. The minimum Gasteiger partial charge on any atom is -0.126 e. The van der Waals surface area contributed by atoms with Gasteiger partial charge in [-0.25, -0.2) is 0 Å². The van der Waals surface area contributed by atoms with E-state index >= 15 is 0 Å². The van der Waals surface area contributed by atoms with Gasteiger partial charge < -0.3 is 0 Å². The summed E-state index contributed by atoms with van der Waals surface area (Å²) in [5.74, 6) is 0. The smallest absolute Gasteiger partial charge is 0.0100 e. The summed E-state index contributed by atoms with van der Waals surface area (Å²) >= 11 is 0. The molecule has 0 aliphatic rings. The van der Waals surface area contributed by atoms with E-state index in [-0.39, 0.29) is 5.41 Å². The fourth-order valence-corrected chi connectivity index (χ4v) is 0.433. The maximum atomic E-state index is 3.18. The summed E-state index contributed by atoms with van der Waals surface area (Å²) < 4.78 is 0. The molecule has 0 heteroatoms. The molecule has 0 aromatic rings. The summed E-state index contributed by atoms with van der Waals surface area (Å²) in [5, 5.41) is 0. The predicted octanol–water partition coefficient (Wildman–Crippen LogP) is 3.15. The molecular formula is C9H16. The number of hydrogen-bond acceptors (Lipinski definition) is 0. The Morgan fingerprint density at radius 2 is 1.78 bits per heavy atom. The molecule has 0 spiro atoms. The highest BCUT2D eigenvalue weighted by Gasteiger charge is 2.10. The second kappa shape index (κ2) is 2.89. The van der Waals surface area contributed by atoms with Crippen LogP contribution in [0.25, 0.3) is 0 Å². The molecule has 0 fully saturated rings. The van der Waals surface area contributed by atoms with E-state index in [2.05, 4.69) is 33.4 Å². The van der Waals surface area contributed by atoms with Gasteiger partial charge in [0.2, 0.25) is 0 Å². The number of allylic oxidation sites excluding steroid dienone is 1. The molecule has 0 nitrogen and oxygen atoms in total. The molecule has 0 aromatic carbocycles. The van der Waals surface area contributed by atoms with Crippen molar-refractivity contribution in [3.8, 4) is 0 Å². The van der Waals surface area contributed by atoms with E-state index in [1.807, 2.05) is 13.0 Å². The van der Waals surface area contributed by atoms with Crippen LogP contribution in [0.5, 0.6) is 0 Å². The Kier molecular flexibility index (Phi) is 2.73. The Bertz CT molecular complexity index is 138. The van der Waals surface area contributed by atoms with E-state index in [1.165, 1.54) is 5.57 Å². The fraction of sp³-hybridized carbons (Fsp3) is 0.667. The Labute approximate surface area is 58.3 Å². The molecular weight excluding hydrogens is 108 g/mol. The van der Waals surface area contributed by atoms with Crippen LogP contribution in [-0.4, -0.2) is 0 Å². The molecule has 0 N–H and O–H groups in total. The van der Waals surface area contributed by atoms with Crippen molar-refractivity contribution in [2.45, 2.75) is 34.6 Å². The van der Waals surface area contributed by atoms with E-state index in [0.717, 1.165) is 0 Å².